The van der Waals surface area contributed by atoms with E-state index in [9.17, 15) is 0 Å². The van der Waals surface area contributed by atoms with Gasteiger partial charge in [0.25, 0.3) is 0 Å². The number of likely N-dealkylation sites (N-methyl/N-ethyl adjacent to an activating group) is 1. The maximum Gasteiger partial charge on any atom is 0.0590 e. The molecular weight excluding hydrogens is 216 g/mol. The van der Waals surface area contributed by atoms with Gasteiger partial charge in [0.15, 0.2) is 0 Å². The maximum absolute atomic E-state index is 5.49. The monoisotopic (exact) mass is 244 g/mol. The van der Waals surface area contributed by atoms with Gasteiger partial charge in [-0.1, -0.05) is 0 Å². The summed E-state index contributed by atoms with van der Waals surface area (Å²) in [5, 5.41) is 3.39. The first-order chi connectivity index (χ1) is 8.33. The Morgan fingerprint density at radius 1 is 1.41 bits per heavy atom. The van der Waals surface area contributed by atoms with Gasteiger partial charge in [-0.25, -0.2) is 0 Å². The Balaban J connectivity index is 1.91. The second-order valence-electron chi connectivity index (χ2n) is 4.79. The summed E-state index contributed by atoms with van der Waals surface area (Å²) in [6.07, 6.45) is 2.55. The van der Waals surface area contributed by atoms with Gasteiger partial charge in [-0.15, -0.1) is 0 Å². The fourth-order valence-corrected chi connectivity index (χ4v) is 2.17. The Bertz CT molecular complexity index is 173. The number of rotatable bonds is 9. The van der Waals surface area contributed by atoms with Gasteiger partial charge in [0.1, 0.15) is 0 Å². The molecule has 0 aromatic heterocycles. The van der Waals surface area contributed by atoms with E-state index in [1.165, 1.54) is 12.8 Å². The lowest BCUT2D eigenvalue weighted by Gasteiger charge is -2.27. The Kier molecular flexibility index (Phi) is 8.61. The molecule has 1 fully saturated rings. The van der Waals surface area contributed by atoms with Gasteiger partial charge in [0, 0.05) is 39.4 Å². The SMILES string of the molecule is CCOCCNCCN(C)CC1CCCOC1. The van der Waals surface area contributed by atoms with E-state index in [0.29, 0.717) is 0 Å². The first-order valence-electron chi connectivity index (χ1n) is 6.87. The fourth-order valence-electron chi connectivity index (χ4n) is 2.17. The molecule has 0 amide bonds. The summed E-state index contributed by atoms with van der Waals surface area (Å²) in [4.78, 5) is 2.40. The zero-order valence-electron chi connectivity index (χ0n) is 11.4. The first-order valence-corrected chi connectivity index (χ1v) is 6.87. The number of nitrogens with one attached hydrogen (secondary N) is 1. The molecule has 1 atom stereocenters. The molecule has 1 rings (SSSR count). The lowest BCUT2D eigenvalue weighted by molar-refractivity contribution is 0.0421. The molecule has 0 bridgehead atoms. The van der Waals surface area contributed by atoms with Crippen molar-refractivity contribution < 1.29 is 9.47 Å². The van der Waals surface area contributed by atoms with Gasteiger partial charge in [-0.05, 0) is 32.7 Å². The Labute approximate surface area is 106 Å². The van der Waals surface area contributed by atoms with Gasteiger partial charge in [0.05, 0.1) is 13.2 Å². The van der Waals surface area contributed by atoms with Gasteiger partial charge >= 0.3 is 0 Å². The molecule has 4 nitrogen and oxygen atoms in total. The highest BCUT2D eigenvalue weighted by atomic mass is 16.5. The zero-order chi connectivity index (χ0) is 12.3. The van der Waals surface area contributed by atoms with Crippen molar-refractivity contribution in [3.8, 4) is 0 Å². The molecule has 0 aromatic rings. The van der Waals surface area contributed by atoms with Crippen molar-refractivity contribution in [2.24, 2.45) is 5.92 Å². The molecule has 1 unspecified atom stereocenters. The average Bonchev–Trinajstić information content (AvgIpc) is 2.35. The molecule has 1 aliphatic heterocycles. The van der Waals surface area contributed by atoms with Crippen LogP contribution in [-0.4, -0.2) is 64.6 Å². The highest BCUT2D eigenvalue weighted by Gasteiger charge is 2.15. The second kappa shape index (κ2) is 9.83. The summed E-state index contributed by atoms with van der Waals surface area (Å²) < 4.78 is 10.8. The van der Waals surface area contributed by atoms with Crippen LogP contribution in [-0.2, 0) is 9.47 Å². The van der Waals surface area contributed by atoms with Crippen LogP contribution in [0.5, 0.6) is 0 Å². The predicted molar refractivity (Wildman–Crippen MR) is 70.4 cm³/mol. The number of nitrogens with zero attached hydrogens (tertiary/aromatic N) is 1. The minimum absolute atomic E-state index is 0.733. The first kappa shape index (κ1) is 14.9. The molecule has 0 spiro atoms. The lowest BCUT2D eigenvalue weighted by atomic mass is 10.0. The van der Waals surface area contributed by atoms with Crippen molar-refractivity contribution in [3.05, 3.63) is 0 Å². The van der Waals surface area contributed by atoms with Crippen LogP contribution in [0.2, 0.25) is 0 Å². The summed E-state index contributed by atoms with van der Waals surface area (Å²) in [6.45, 7) is 9.81. The molecular formula is C13H28N2O2. The topological polar surface area (TPSA) is 33.7 Å². The average molecular weight is 244 g/mol. The van der Waals surface area contributed by atoms with Crippen LogP contribution in [0.4, 0.5) is 0 Å². The van der Waals surface area contributed by atoms with E-state index < -0.39 is 0 Å². The maximum atomic E-state index is 5.49. The van der Waals surface area contributed by atoms with Crippen molar-refractivity contribution in [3.63, 3.8) is 0 Å². The molecule has 1 aliphatic rings. The van der Waals surface area contributed by atoms with E-state index >= 15 is 0 Å². The fraction of sp³-hybridized carbons (Fsp3) is 1.00. The van der Waals surface area contributed by atoms with Crippen LogP contribution in [0.3, 0.4) is 0 Å². The summed E-state index contributed by atoms with van der Waals surface area (Å²) in [5.41, 5.74) is 0. The third kappa shape index (κ3) is 7.71. The van der Waals surface area contributed by atoms with Crippen LogP contribution in [0.15, 0.2) is 0 Å². The Hall–Kier alpha value is -0.160. The quantitative estimate of drug-likeness (QED) is 0.613. The van der Waals surface area contributed by atoms with Crippen molar-refractivity contribution in [2.45, 2.75) is 19.8 Å². The summed E-state index contributed by atoms with van der Waals surface area (Å²) in [5.74, 6) is 0.733. The van der Waals surface area contributed by atoms with Gasteiger partial charge in [-0.2, -0.15) is 0 Å². The smallest absolute Gasteiger partial charge is 0.0590 e. The third-order valence-electron chi connectivity index (χ3n) is 3.12. The molecule has 0 radical (unpaired) electrons. The van der Waals surface area contributed by atoms with E-state index in [0.717, 1.165) is 58.5 Å². The summed E-state index contributed by atoms with van der Waals surface area (Å²) in [7, 11) is 2.19. The highest BCUT2D eigenvalue weighted by Crippen LogP contribution is 2.13. The van der Waals surface area contributed by atoms with E-state index in [-0.39, 0.29) is 0 Å². The standard InChI is InChI=1S/C13H28N2O2/c1-3-16-10-7-14-6-8-15(2)11-13-5-4-9-17-12-13/h13-14H,3-12H2,1-2H3. The van der Waals surface area contributed by atoms with Crippen LogP contribution in [0.1, 0.15) is 19.8 Å². The number of hydrogen-bond acceptors (Lipinski definition) is 4. The van der Waals surface area contributed by atoms with Crippen molar-refractivity contribution in [1.29, 1.82) is 0 Å². The van der Waals surface area contributed by atoms with E-state index in [4.69, 9.17) is 9.47 Å². The van der Waals surface area contributed by atoms with Crippen molar-refractivity contribution in [1.82, 2.24) is 10.2 Å². The number of ether oxygens (including phenoxy) is 2. The van der Waals surface area contributed by atoms with Gasteiger partial charge in [0.2, 0.25) is 0 Å². The van der Waals surface area contributed by atoms with Gasteiger partial charge in [-0.3, -0.25) is 0 Å². The molecule has 17 heavy (non-hydrogen) atoms. The molecule has 1 saturated heterocycles. The Morgan fingerprint density at radius 2 is 2.29 bits per heavy atom. The van der Waals surface area contributed by atoms with E-state index in [1.807, 2.05) is 6.92 Å². The molecule has 0 saturated carbocycles. The molecule has 1 N–H and O–H groups in total. The largest absolute Gasteiger partial charge is 0.381 e. The molecule has 102 valence electrons. The van der Waals surface area contributed by atoms with Crippen molar-refractivity contribution >= 4 is 0 Å². The van der Waals surface area contributed by atoms with Crippen LogP contribution in [0.25, 0.3) is 0 Å². The second-order valence-corrected chi connectivity index (χ2v) is 4.79. The Morgan fingerprint density at radius 3 is 3.00 bits per heavy atom. The summed E-state index contributed by atoms with van der Waals surface area (Å²) >= 11 is 0. The highest BCUT2D eigenvalue weighted by molar-refractivity contribution is 4.67. The van der Waals surface area contributed by atoms with Crippen LogP contribution < -0.4 is 5.32 Å². The summed E-state index contributed by atoms with van der Waals surface area (Å²) in [6, 6.07) is 0. The van der Waals surface area contributed by atoms with E-state index in [2.05, 4.69) is 17.3 Å². The number of hydrogen-bond donors (Lipinski definition) is 1. The predicted octanol–water partition coefficient (Wildman–Crippen LogP) is 0.971. The molecule has 0 aromatic carbocycles. The van der Waals surface area contributed by atoms with Gasteiger partial charge < -0.3 is 19.7 Å². The third-order valence-corrected chi connectivity index (χ3v) is 3.12. The lowest BCUT2D eigenvalue weighted by Crippen LogP contribution is -2.36. The molecule has 1 heterocycles. The van der Waals surface area contributed by atoms with Crippen LogP contribution >= 0.6 is 0 Å². The van der Waals surface area contributed by atoms with E-state index in [1.54, 1.807) is 0 Å². The minimum Gasteiger partial charge on any atom is -0.381 e. The normalized spacial score (nSPS) is 21.0. The zero-order valence-corrected chi connectivity index (χ0v) is 11.4. The van der Waals surface area contributed by atoms with Crippen molar-refractivity contribution in [2.75, 3.05) is 59.7 Å². The van der Waals surface area contributed by atoms with Crippen LogP contribution in [0, 0.1) is 5.92 Å². The molecule has 0 aliphatic carbocycles. The minimum atomic E-state index is 0.733. The molecule has 4 heteroatoms.